The lowest BCUT2D eigenvalue weighted by atomic mass is 10.0. The quantitative estimate of drug-likeness (QED) is 0.689. The van der Waals surface area contributed by atoms with Gasteiger partial charge in [-0.15, -0.1) is 0 Å². The van der Waals surface area contributed by atoms with Gasteiger partial charge in [0.1, 0.15) is 6.04 Å². The number of halogens is 1. The van der Waals surface area contributed by atoms with Gasteiger partial charge in [-0.25, -0.2) is 4.79 Å². The Balaban J connectivity index is 1.83. The van der Waals surface area contributed by atoms with Crippen LogP contribution in [0.25, 0.3) is 10.9 Å². The average Bonchev–Trinajstić information content (AvgIpc) is 2.62. The van der Waals surface area contributed by atoms with Crippen LogP contribution in [0.1, 0.15) is 15.9 Å². The molecule has 0 aliphatic carbocycles. The molecule has 0 radical (unpaired) electrons. The number of hydrogen-bond donors (Lipinski definition) is 2. The molecule has 0 unspecified atom stereocenters. The van der Waals surface area contributed by atoms with Crippen molar-refractivity contribution >= 4 is 38.7 Å². The van der Waals surface area contributed by atoms with Gasteiger partial charge < -0.3 is 10.4 Å². The number of aliphatic carboxylic acids is 1. The fourth-order valence-corrected chi connectivity index (χ4v) is 2.84. The predicted octanol–water partition coefficient (Wildman–Crippen LogP) is 3.42. The number of para-hydroxylation sites is 1. The first-order chi connectivity index (χ1) is 12.0. The smallest absolute Gasteiger partial charge is 0.326 e. The SMILES string of the molecule is O=C(N[C@H](Cc1ccc(Br)cc1)C(=O)O)c1cccc2cccnc12. The minimum Gasteiger partial charge on any atom is -0.480 e. The normalized spacial score (nSPS) is 11.9. The Hall–Kier alpha value is -2.73. The van der Waals surface area contributed by atoms with E-state index < -0.39 is 17.9 Å². The van der Waals surface area contributed by atoms with Crippen LogP contribution in [0.5, 0.6) is 0 Å². The van der Waals surface area contributed by atoms with Gasteiger partial charge in [0.2, 0.25) is 0 Å². The van der Waals surface area contributed by atoms with E-state index in [1.807, 2.05) is 36.4 Å². The molecule has 126 valence electrons. The number of carboxylic acid groups (broad SMARTS) is 1. The van der Waals surface area contributed by atoms with Gasteiger partial charge in [-0.05, 0) is 29.8 Å². The van der Waals surface area contributed by atoms with E-state index in [4.69, 9.17) is 0 Å². The van der Waals surface area contributed by atoms with Crippen molar-refractivity contribution in [3.05, 3.63) is 76.4 Å². The number of pyridine rings is 1. The molecule has 1 aromatic heterocycles. The van der Waals surface area contributed by atoms with Gasteiger partial charge in [-0.2, -0.15) is 0 Å². The van der Waals surface area contributed by atoms with E-state index in [1.165, 1.54) is 0 Å². The molecule has 0 saturated heterocycles. The van der Waals surface area contributed by atoms with Crippen molar-refractivity contribution in [3.8, 4) is 0 Å². The lowest BCUT2D eigenvalue weighted by Gasteiger charge is -2.15. The molecule has 5 nitrogen and oxygen atoms in total. The van der Waals surface area contributed by atoms with E-state index in [0.717, 1.165) is 15.4 Å². The third-order valence-corrected chi connectivity index (χ3v) is 4.36. The summed E-state index contributed by atoms with van der Waals surface area (Å²) in [6.45, 7) is 0. The molecule has 3 aromatic rings. The Morgan fingerprint density at radius 3 is 2.52 bits per heavy atom. The molecule has 3 rings (SSSR count). The van der Waals surface area contributed by atoms with Gasteiger partial charge in [-0.3, -0.25) is 9.78 Å². The monoisotopic (exact) mass is 398 g/mol. The molecule has 0 spiro atoms. The maximum Gasteiger partial charge on any atom is 0.326 e. The lowest BCUT2D eigenvalue weighted by Crippen LogP contribution is -2.42. The number of aromatic nitrogens is 1. The van der Waals surface area contributed by atoms with Crippen molar-refractivity contribution in [1.29, 1.82) is 0 Å². The summed E-state index contributed by atoms with van der Waals surface area (Å²) >= 11 is 3.34. The summed E-state index contributed by atoms with van der Waals surface area (Å²) in [5.74, 6) is -1.53. The van der Waals surface area contributed by atoms with Crippen LogP contribution < -0.4 is 5.32 Å². The average molecular weight is 399 g/mol. The Kier molecular flexibility index (Phi) is 5.09. The first-order valence-electron chi connectivity index (χ1n) is 7.66. The minimum atomic E-state index is -1.08. The largest absolute Gasteiger partial charge is 0.480 e. The predicted molar refractivity (Wildman–Crippen MR) is 98.5 cm³/mol. The van der Waals surface area contributed by atoms with Crippen LogP contribution >= 0.6 is 15.9 Å². The molecular formula is C19H15BrN2O3. The van der Waals surface area contributed by atoms with E-state index in [-0.39, 0.29) is 6.42 Å². The number of carbonyl (C=O) groups excluding carboxylic acids is 1. The Morgan fingerprint density at radius 2 is 1.80 bits per heavy atom. The van der Waals surface area contributed by atoms with Crippen LogP contribution in [0.3, 0.4) is 0 Å². The van der Waals surface area contributed by atoms with Gasteiger partial charge in [0.05, 0.1) is 11.1 Å². The van der Waals surface area contributed by atoms with Gasteiger partial charge >= 0.3 is 5.97 Å². The van der Waals surface area contributed by atoms with Gasteiger partial charge in [-0.1, -0.05) is 46.3 Å². The highest BCUT2D eigenvalue weighted by Gasteiger charge is 2.22. The number of benzene rings is 2. The Bertz CT molecular complexity index is 920. The molecule has 0 saturated carbocycles. The number of carbonyl (C=O) groups is 2. The highest BCUT2D eigenvalue weighted by molar-refractivity contribution is 9.10. The second-order valence-electron chi connectivity index (χ2n) is 5.58. The Morgan fingerprint density at radius 1 is 1.08 bits per heavy atom. The first kappa shape index (κ1) is 17.1. The van der Waals surface area contributed by atoms with E-state index in [2.05, 4.69) is 26.2 Å². The van der Waals surface area contributed by atoms with Crippen LogP contribution in [0.4, 0.5) is 0 Å². The van der Waals surface area contributed by atoms with Crippen LogP contribution in [-0.2, 0) is 11.2 Å². The number of nitrogens with one attached hydrogen (secondary N) is 1. The number of fused-ring (bicyclic) bond motifs is 1. The molecule has 0 fully saturated rings. The molecule has 2 aromatic carbocycles. The van der Waals surface area contributed by atoms with Gasteiger partial charge in [0.15, 0.2) is 0 Å². The summed E-state index contributed by atoms with van der Waals surface area (Å²) in [5, 5.41) is 12.9. The molecule has 6 heteroatoms. The zero-order chi connectivity index (χ0) is 17.8. The van der Waals surface area contributed by atoms with Crippen LogP contribution in [-0.4, -0.2) is 28.0 Å². The molecule has 1 atom stereocenters. The van der Waals surface area contributed by atoms with Crippen molar-refractivity contribution in [2.45, 2.75) is 12.5 Å². The van der Waals surface area contributed by atoms with E-state index in [9.17, 15) is 14.7 Å². The third-order valence-electron chi connectivity index (χ3n) is 3.83. The summed E-state index contributed by atoms with van der Waals surface area (Å²) in [6, 6.07) is 15.2. The van der Waals surface area contributed by atoms with Crippen LogP contribution in [0.2, 0.25) is 0 Å². The van der Waals surface area contributed by atoms with Crippen molar-refractivity contribution in [1.82, 2.24) is 10.3 Å². The molecule has 25 heavy (non-hydrogen) atoms. The lowest BCUT2D eigenvalue weighted by molar-refractivity contribution is -0.139. The highest BCUT2D eigenvalue weighted by atomic mass is 79.9. The summed E-state index contributed by atoms with van der Waals surface area (Å²) < 4.78 is 0.911. The van der Waals surface area contributed by atoms with Crippen molar-refractivity contribution in [2.75, 3.05) is 0 Å². The molecule has 1 amide bonds. The standard InChI is InChI=1S/C19H15BrN2O3/c20-14-8-6-12(7-9-14)11-16(19(24)25)22-18(23)15-5-1-3-13-4-2-10-21-17(13)15/h1-10,16H,11H2,(H,22,23)(H,24,25)/t16-/m1/s1. The van der Waals surface area contributed by atoms with E-state index in [0.29, 0.717) is 11.1 Å². The fraction of sp³-hybridized carbons (Fsp3) is 0.105. The summed E-state index contributed by atoms with van der Waals surface area (Å²) in [7, 11) is 0. The number of nitrogens with zero attached hydrogens (tertiary/aromatic N) is 1. The fourth-order valence-electron chi connectivity index (χ4n) is 2.58. The molecule has 0 aliphatic rings. The summed E-state index contributed by atoms with van der Waals surface area (Å²) in [5.41, 5.74) is 1.74. The zero-order valence-electron chi connectivity index (χ0n) is 13.1. The number of rotatable bonds is 5. The highest BCUT2D eigenvalue weighted by Crippen LogP contribution is 2.17. The summed E-state index contributed by atoms with van der Waals surface area (Å²) in [4.78, 5) is 28.4. The second-order valence-corrected chi connectivity index (χ2v) is 6.49. The number of hydrogen-bond acceptors (Lipinski definition) is 3. The van der Waals surface area contributed by atoms with Crippen molar-refractivity contribution < 1.29 is 14.7 Å². The van der Waals surface area contributed by atoms with E-state index in [1.54, 1.807) is 24.4 Å². The molecule has 0 bridgehead atoms. The van der Waals surface area contributed by atoms with E-state index >= 15 is 0 Å². The van der Waals surface area contributed by atoms with Crippen LogP contribution in [0, 0.1) is 0 Å². The van der Waals surface area contributed by atoms with Crippen molar-refractivity contribution in [2.24, 2.45) is 0 Å². The third kappa shape index (κ3) is 4.03. The molecule has 2 N–H and O–H groups in total. The topological polar surface area (TPSA) is 79.3 Å². The summed E-state index contributed by atoms with van der Waals surface area (Å²) in [6.07, 6.45) is 1.81. The molecular weight excluding hydrogens is 384 g/mol. The zero-order valence-corrected chi connectivity index (χ0v) is 14.7. The maximum absolute atomic E-state index is 12.6. The second kappa shape index (κ2) is 7.44. The molecule has 0 aliphatic heterocycles. The van der Waals surface area contributed by atoms with Gasteiger partial charge in [0.25, 0.3) is 5.91 Å². The minimum absolute atomic E-state index is 0.201. The van der Waals surface area contributed by atoms with Crippen LogP contribution in [0.15, 0.2) is 65.3 Å². The molecule has 1 heterocycles. The van der Waals surface area contributed by atoms with Crippen molar-refractivity contribution in [3.63, 3.8) is 0 Å². The number of amides is 1. The van der Waals surface area contributed by atoms with Gasteiger partial charge in [0, 0.05) is 22.5 Å². The first-order valence-corrected chi connectivity index (χ1v) is 8.46. The Labute approximate surface area is 152 Å². The maximum atomic E-state index is 12.6. The number of carboxylic acids is 1.